The summed E-state index contributed by atoms with van der Waals surface area (Å²) in [5.41, 5.74) is -0.0251. The first kappa shape index (κ1) is 20.1. The first-order chi connectivity index (χ1) is 12.8. The molecule has 1 atom stereocenters. The summed E-state index contributed by atoms with van der Waals surface area (Å²) in [6.07, 6.45) is 2.54. The highest BCUT2D eigenvalue weighted by Crippen LogP contribution is 2.24. The molecule has 0 spiro atoms. The van der Waals surface area contributed by atoms with E-state index in [4.69, 9.17) is 16.3 Å². The van der Waals surface area contributed by atoms with Crippen molar-refractivity contribution in [2.24, 2.45) is 5.92 Å². The molecule has 0 bridgehead atoms. The van der Waals surface area contributed by atoms with Crippen LogP contribution in [0.2, 0.25) is 5.02 Å². The van der Waals surface area contributed by atoms with Crippen LogP contribution in [0, 0.1) is 5.92 Å². The van der Waals surface area contributed by atoms with E-state index in [1.165, 1.54) is 24.2 Å². The molecule has 27 heavy (non-hydrogen) atoms. The fourth-order valence-electron chi connectivity index (χ4n) is 3.19. The van der Waals surface area contributed by atoms with Crippen molar-refractivity contribution in [2.75, 3.05) is 18.4 Å². The van der Waals surface area contributed by atoms with Crippen molar-refractivity contribution in [1.29, 1.82) is 0 Å². The van der Waals surface area contributed by atoms with Crippen molar-refractivity contribution in [1.82, 2.24) is 9.88 Å². The number of carbonyl (C=O) groups excluding carboxylic acids is 1. The van der Waals surface area contributed by atoms with Gasteiger partial charge in [-0.3, -0.25) is 15.0 Å². The molecular formula is C20H26ClN3O2S. The number of nitrogens with one attached hydrogen (secondary N) is 1. The summed E-state index contributed by atoms with van der Waals surface area (Å²) in [5, 5.41) is 6.13. The van der Waals surface area contributed by atoms with E-state index >= 15 is 0 Å². The number of halogens is 1. The highest BCUT2D eigenvalue weighted by atomic mass is 35.5. The monoisotopic (exact) mass is 407 g/mol. The minimum absolute atomic E-state index is 0.232. The Morgan fingerprint density at radius 1 is 1.41 bits per heavy atom. The molecule has 5 nitrogen and oxygen atoms in total. The average molecular weight is 408 g/mol. The lowest BCUT2D eigenvalue weighted by Gasteiger charge is -2.30. The van der Waals surface area contributed by atoms with E-state index in [2.05, 4.69) is 22.1 Å². The van der Waals surface area contributed by atoms with E-state index in [-0.39, 0.29) is 5.91 Å². The predicted octanol–water partition coefficient (Wildman–Crippen LogP) is 4.82. The molecule has 1 N–H and O–H groups in total. The molecule has 2 heterocycles. The van der Waals surface area contributed by atoms with Crippen LogP contribution in [0.5, 0.6) is 5.75 Å². The first-order valence-electron chi connectivity index (χ1n) is 9.24. The van der Waals surface area contributed by atoms with Gasteiger partial charge < -0.3 is 4.74 Å². The van der Waals surface area contributed by atoms with Crippen molar-refractivity contribution in [3.8, 4) is 5.75 Å². The number of amides is 1. The molecule has 1 aromatic heterocycles. The largest absolute Gasteiger partial charge is 0.478 e. The SMILES string of the molecule is C[C@@H]1CCCN(Cc2csc(NC(=O)C(C)(C)Oc3ccc(Cl)cc3)n2)C1. The van der Waals surface area contributed by atoms with Crippen LogP contribution in [0.3, 0.4) is 0 Å². The number of benzene rings is 1. The van der Waals surface area contributed by atoms with Crippen LogP contribution in [0.4, 0.5) is 5.13 Å². The zero-order chi connectivity index (χ0) is 19.4. The molecule has 0 radical (unpaired) electrons. The maximum Gasteiger partial charge on any atom is 0.269 e. The van der Waals surface area contributed by atoms with Crippen molar-refractivity contribution in [3.63, 3.8) is 0 Å². The van der Waals surface area contributed by atoms with Gasteiger partial charge in [0.25, 0.3) is 5.91 Å². The Balaban J connectivity index is 1.57. The van der Waals surface area contributed by atoms with Crippen LogP contribution in [0.15, 0.2) is 29.6 Å². The Bertz CT molecular complexity index is 776. The van der Waals surface area contributed by atoms with Crippen LogP contribution in [0.1, 0.15) is 39.3 Å². The Hall–Kier alpha value is -1.63. The average Bonchev–Trinajstić information content (AvgIpc) is 3.03. The number of ether oxygens (including phenoxy) is 1. The normalized spacial score (nSPS) is 18.3. The van der Waals surface area contributed by atoms with Crippen molar-refractivity contribution < 1.29 is 9.53 Å². The summed E-state index contributed by atoms with van der Waals surface area (Å²) >= 11 is 7.34. The van der Waals surface area contributed by atoms with Crippen molar-refractivity contribution >= 4 is 34.0 Å². The molecule has 1 aliphatic heterocycles. The number of nitrogens with zero attached hydrogens (tertiary/aromatic N) is 2. The summed E-state index contributed by atoms with van der Waals surface area (Å²) in [4.78, 5) is 19.6. The van der Waals surface area contributed by atoms with Gasteiger partial charge in [-0.05, 0) is 63.4 Å². The van der Waals surface area contributed by atoms with Crippen LogP contribution in [-0.4, -0.2) is 34.5 Å². The van der Waals surface area contributed by atoms with Gasteiger partial charge >= 0.3 is 0 Å². The summed E-state index contributed by atoms with van der Waals surface area (Å²) in [7, 11) is 0. The molecule has 0 aliphatic carbocycles. The highest BCUT2D eigenvalue weighted by molar-refractivity contribution is 7.13. The third-order valence-corrected chi connectivity index (χ3v) is 5.69. The number of hydrogen-bond acceptors (Lipinski definition) is 5. The molecule has 0 unspecified atom stereocenters. The van der Waals surface area contributed by atoms with Gasteiger partial charge in [-0.25, -0.2) is 4.98 Å². The van der Waals surface area contributed by atoms with E-state index in [1.54, 1.807) is 38.1 Å². The Morgan fingerprint density at radius 3 is 2.85 bits per heavy atom. The predicted molar refractivity (Wildman–Crippen MR) is 111 cm³/mol. The van der Waals surface area contributed by atoms with E-state index in [1.807, 2.05) is 5.38 Å². The number of hydrogen-bond donors (Lipinski definition) is 1. The van der Waals surface area contributed by atoms with E-state index < -0.39 is 5.60 Å². The summed E-state index contributed by atoms with van der Waals surface area (Å²) < 4.78 is 5.83. The molecule has 1 aromatic carbocycles. The first-order valence-corrected chi connectivity index (χ1v) is 10.5. The van der Waals surface area contributed by atoms with Gasteiger partial charge in [-0.2, -0.15) is 0 Å². The van der Waals surface area contributed by atoms with E-state index in [0.29, 0.717) is 15.9 Å². The topological polar surface area (TPSA) is 54.5 Å². The van der Waals surface area contributed by atoms with Gasteiger partial charge in [0.15, 0.2) is 10.7 Å². The number of aromatic nitrogens is 1. The Labute approximate surface area is 169 Å². The van der Waals surface area contributed by atoms with Crippen LogP contribution in [-0.2, 0) is 11.3 Å². The Morgan fingerprint density at radius 2 is 2.15 bits per heavy atom. The van der Waals surface area contributed by atoms with Gasteiger partial charge in [-0.15, -0.1) is 11.3 Å². The molecule has 146 valence electrons. The molecule has 2 aromatic rings. The molecule has 1 amide bonds. The lowest BCUT2D eigenvalue weighted by molar-refractivity contribution is -0.128. The third-order valence-electron chi connectivity index (χ3n) is 4.63. The minimum Gasteiger partial charge on any atom is -0.478 e. The molecule has 3 rings (SSSR count). The lowest BCUT2D eigenvalue weighted by Crippen LogP contribution is -2.42. The number of carbonyl (C=O) groups is 1. The quantitative estimate of drug-likeness (QED) is 0.745. The second-order valence-electron chi connectivity index (χ2n) is 7.65. The molecule has 1 saturated heterocycles. The van der Waals surface area contributed by atoms with Crippen molar-refractivity contribution in [2.45, 2.75) is 45.8 Å². The molecular weight excluding hydrogens is 382 g/mol. The van der Waals surface area contributed by atoms with E-state index in [9.17, 15) is 4.79 Å². The van der Waals surface area contributed by atoms with Gasteiger partial charge in [0.1, 0.15) is 5.75 Å². The van der Waals surface area contributed by atoms with Gasteiger partial charge in [0.2, 0.25) is 0 Å². The standard InChI is InChI=1S/C20H26ClN3O2S/c1-14-5-4-10-24(11-14)12-16-13-27-19(22-16)23-18(25)20(2,3)26-17-8-6-15(21)7-9-17/h6-9,13-14H,4-5,10-12H2,1-3H3,(H,22,23,25)/t14-/m1/s1. The molecule has 1 fully saturated rings. The maximum absolute atomic E-state index is 12.6. The number of likely N-dealkylation sites (tertiary alicyclic amines) is 1. The summed E-state index contributed by atoms with van der Waals surface area (Å²) in [5.74, 6) is 1.10. The summed E-state index contributed by atoms with van der Waals surface area (Å²) in [6.45, 7) is 8.83. The molecule has 0 saturated carbocycles. The molecule has 1 aliphatic rings. The second-order valence-corrected chi connectivity index (χ2v) is 8.94. The van der Waals surface area contributed by atoms with Crippen LogP contribution < -0.4 is 10.1 Å². The number of thiazole rings is 1. The van der Waals surface area contributed by atoms with Gasteiger partial charge in [0.05, 0.1) is 5.69 Å². The van der Waals surface area contributed by atoms with Crippen molar-refractivity contribution in [3.05, 3.63) is 40.4 Å². The smallest absolute Gasteiger partial charge is 0.269 e. The lowest BCUT2D eigenvalue weighted by atomic mass is 10.0. The second kappa shape index (κ2) is 8.59. The van der Waals surface area contributed by atoms with Crippen LogP contribution >= 0.6 is 22.9 Å². The van der Waals surface area contributed by atoms with Gasteiger partial charge in [0, 0.05) is 23.5 Å². The Kier molecular flexibility index (Phi) is 6.40. The fourth-order valence-corrected chi connectivity index (χ4v) is 4.01. The van der Waals surface area contributed by atoms with Gasteiger partial charge in [-0.1, -0.05) is 18.5 Å². The minimum atomic E-state index is -1.03. The zero-order valence-corrected chi connectivity index (χ0v) is 17.6. The maximum atomic E-state index is 12.6. The number of rotatable bonds is 6. The zero-order valence-electron chi connectivity index (χ0n) is 16.0. The van der Waals surface area contributed by atoms with Crippen LogP contribution in [0.25, 0.3) is 0 Å². The number of piperidine rings is 1. The third kappa shape index (κ3) is 5.67. The number of anilines is 1. The highest BCUT2D eigenvalue weighted by Gasteiger charge is 2.31. The van der Waals surface area contributed by atoms with E-state index in [0.717, 1.165) is 31.2 Å². The molecule has 7 heteroatoms. The summed E-state index contributed by atoms with van der Waals surface area (Å²) in [6, 6.07) is 6.97. The fraction of sp³-hybridized carbons (Fsp3) is 0.500.